The third-order valence-electron chi connectivity index (χ3n) is 4.14. The average Bonchev–Trinajstić information content (AvgIpc) is 2.70. The number of carbonyl (C=O) groups is 1. The standard InChI is InChI=1S/C22H21ClN4O/c1-15-5-8-18(9-6-15)21(28)27-22(25-14-17-4-3-11-24-13-17)26-20-12-19(23)10-7-16(20)2/h3-13H,14H2,1-2H3,(H2,25,26,27,28). The molecule has 28 heavy (non-hydrogen) atoms. The van der Waals surface area contributed by atoms with Crippen LogP contribution in [0.25, 0.3) is 0 Å². The predicted octanol–water partition coefficient (Wildman–Crippen LogP) is 4.75. The molecule has 0 fully saturated rings. The molecule has 2 aromatic carbocycles. The molecule has 0 radical (unpaired) electrons. The summed E-state index contributed by atoms with van der Waals surface area (Å²) < 4.78 is 0. The third kappa shape index (κ3) is 5.41. The van der Waals surface area contributed by atoms with Crippen LogP contribution in [0.15, 0.2) is 72.0 Å². The van der Waals surface area contributed by atoms with Crippen molar-refractivity contribution in [2.75, 3.05) is 5.32 Å². The number of halogens is 1. The number of pyridine rings is 1. The van der Waals surface area contributed by atoms with Crippen LogP contribution in [0.4, 0.5) is 5.69 Å². The number of nitrogens with zero attached hydrogens (tertiary/aromatic N) is 2. The molecule has 0 saturated carbocycles. The van der Waals surface area contributed by atoms with Gasteiger partial charge in [0.2, 0.25) is 5.96 Å². The Morgan fingerprint density at radius 2 is 1.89 bits per heavy atom. The number of guanidine groups is 1. The highest BCUT2D eigenvalue weighted by Gasteiger charge is 2.11. The third-order valence-corrected chi connectivity index (χ3v) is 4.38. The van der Waals surface area contributed by atoms with E-state index in [0.29, 0.717) is 23.1 Å². The number of benzene rings is 2. The summed E-state index contributed by atoms with van der Waals surface area (Å²) in [6.07, 6.45) is 3.45. The van der Waals surface area contributed by atoms with Gasteiger partial charge in [-0.1, -0.05) is 41.4 Å². The van der Waals surface area contributed by atoms with Crippen LogP contribution in [0.1, 0.15) is 27.0 Å². The Morgan fingerprint density at radius 1 is 1.11 bits per heavy atom. The molecule has 0 spiro atoms. The quantitative estimate of drug-likeness (QED) is 0.497. The zero-order valence-electron chi connectivity index (χ0n) is 15.7. The molecule has 3 aromatic rings. The minimum absolute atomic E-state index is 0.239. The van der Waals surface area contributed by atoms with Crippen molar-refractivity contribution in [2.45, 2.75) is 20.4 Å². The number of carbonyl (C=O) groups excluding carboxylic acids is 1. The van der Waals surface area contributed by atoms with E-state index < -0.39 is 0 Å². The van der Waals surface area contributed by atoms with Gasteiger partial charge in [0.15, 0.2) is 0 Å². The second kappa shape index (κ2) is 9.15. The van der Waals surface area contributed by atoms with Crippen LogP contribution in [0.3, 0.4) is 0 Å². The highest BCUT2D eigenvalue weighted by atomic mass is 35.5. The second-order valence-electron chi connectivity index (χ2n) is 6.43. The maximum absolute atomic E-state index is 12.6. The fraction of sp³-hybridized carbons (Fsp3) is 0.136. The van der Waals surface area contributed by atoms with Crippen molar-refractivity contribution in [3.05, 3.63) is 94.3 Å². The largest absolute Gasteiger partial charge is 0.326 e. The number of hydrogen-bond donors (Lipinski definition) is 2. The molecule has 3 rings (SSSR count). The first kappa shape index (κ1) is 19.6. The van der Waals surface area contributed by atoms with Gasteiger partial charge in [0.1, 0.15) is 0 Å². The van der Waals surface area contributed by atoms with Gasteiger partial charge in [-0.25, -0.2) is 4.99 Å². The molecule has 0 saturated heterocycles. The van der Waals surface area contributed by atoms with Crippen LogP contribution in [-0.4, -0.2) is 16.9 Å². The van der Waals surface area contributed by atoms with Gasteiger partial charge >= 0.3 is 0 Å². The van der Waals surface area contributed by atoms with Crippen LogP contribution < -0.4 is 10.6 Å². The fourth-order valence-corrected chi connectivity index (χ4v) is 2.69. The predicted molar refractivity (Wildman–Crippen MR) is 114 cm³/mol. The monoisotopic (exact) mass is 392 g/mol. The highest BCUT2D eigenvalue weighted by molar-refractivity contribution is 6.31. The summed E-state index contributed by atoms with van der Waals surface area (Å²) in [5.41, 5.74) is 4.36. The lowest BCUT2D eigenvalue weighted by Gasteiger charge is -2.14. The van der Waals surface area contributed by atoms with Crippen molar-refractivity contribution < 1.29 is 4.79 Å². The molecule has 142 valence electrons. The van der Waals surface area contributed by atoms with Gasteiger partial charge in [-0.15, -0.1) is 0 Å². The molecule has 6 heteroatoms. The van der Waals surface area contributed by atoms with Crippen molar-refractivity contribution >= 4 is 29.2 Å². The summed E-state index contributed by atoms with van der Waals surface area (Å²) in [6, 6.07) is 16.7. The molecule has 0 aliphatic rings. The molecule has 5 nitrogen and oxygen atoms in total. The Hall–Kier alpha value is -3.18. The maximum Gasteiger partial charge on any atom is 0.257 e. The molecule has 0 atom stereocenters. The van der Waals surface area contributed by atoms with E-state index in [1.165, 1.54) is 0 Å². The van der Waals surface area contributed by atoms with Gasteiger partial charge in [0, 0.05) is 28.7 Å². The number of aliphatic imine (C=N–C) groups is 1. The first-order valence-electron chi connectivity index (χ1n) is 8.86. The number of aryl methyl sites for hydroxylation is 2. The molecule has 0 bridgehead atoms. The molecule has 0 aliphatic heterocycles. The van der Waals surface area contributed by atoms with E-state index in [9.17, 15) is 4.79 Å². The van der Waals surface area contributed by atoms with Crippen molar-refractivity contribution in [3.8, 4) is 0 Å². The summed E-state index contributed by atoms with van der Waals surface area (Å²) in [5, 5.41) is 6.64. The summed E-state index contributed by atoms with van der Waals surface area (Å²) in [5.74, 6) is 0.108. The molecule has 0 unspecified atom stereocenters. The van der Waals surface area contributed by atoms with Crippen LogP contribution in [0.2, 0.25) is 5.02 Å². The number of amides is 1. The molecular weight excluding hydrogens is 372 g/mol. The lowest BCUT2D eigenvalue weighted by atomic mass is 10.1. The zero-order chi connectivity index (χ0) is 19.9. The summed E-state index contributed by atoms with van der Waals surface area (Å²) in [6.45, 7) is 4.31. The summed E-state index contributed by atoms with van der Waals surface area (Å²) in [7, 11) is 0. The summed E-state index contributed by atoms with van der Waals surface area (Å²) in [4.78, 5) is 21.3. The molecule has 1 heterocycles. The Labute approximate surface area is 169 Å². The minimum Gasteiger partial charge on any atom is -0.326 e. The number of anilines is 1. The second-order valence-corrected chi connectivity index (χ2v) is 6.87. The molecular formula is C22H21ClN4O. The van der Waals surface area contributed by atoms with Gasteiger partial charge in [-0.3, -0.25) is 15.1 Å². The van der Waals surface area contributed by atoms with E-state index in [1.807, 2.05) is 50.2 Å². The average molecular weight is 393 g/mol. The van der Waals surface area contributed by atoms with Crippen LogP contribution >= 0.6 is 11.6 Å². The maximum atomic E-state index is 12.6. The molecule has 1 amide bonds. The molecule has 1 aromatic heterocycles. The van der Waals surface area contributed by atoms with Gasteiger partial charge < -0.3 is 5.32 Å². The van der Waals surface area contributed by atoms with E-state index in [4.69, 9.17) is 11.6 Å². The minimum atomic E-state index is -0.239. The lowest BCUT2D eigenvalue weighted by Crippen LogP contribution is -2.36. The van der Waals surface area contributed by atoms with E-state index >= 15 is 0 Å². The van der Waals surface area contributed by atoms with Crippen LogP contribution in [0.5, 0.6) is 0 Å². The Morgan fingerprint density at radius 3 is 2.61 bits per heavy atom. The van der Waals surface area contributed by atoms with Gasteiger partial charge in [-0.2, -0.15) is 0 Å². The van der Waals surface area contributed by atoms with E-state index in [2.05, 4.69) is 20.6 Å². The SMILES string of the molecule is Cc1ccc(C(=O)NC(=NCc2cccnc2)Nc2cc(Cl)ccc2C)cc1. The zero-order valence-corrected chi connectivity index (χ0v) is 16.5. The number of nitrogens with one attached hydrogen (secondary N) is 2. The van der Waals surface area contributed by atoms with Crippen molar-refractivity contribution in [1.82, 2.24) is 10.3 Å². The summed E-state index contributed by atoms with van der Waals surface area (Å²) >= 11 is 6.11. The Balaban J connectivity index is 1.83. The highest BCUT2D eigenvalue weighted by Crippen LogP contribution is 2.20. The van der Waals surface area contributed by atoms with Crippen LogP contribution in [0, 0.1) is 13.8 Å². The van der Waals surface area contributed by atoms with Crippen molar-refractivity contribution in [2.24, 2.45) is 4.99 Å². The van der Waals surface area contributed by atoms with Crippen LogP contribution in [-0.2, 0) is 6.54 Å². The first-order valence-corrected chi connectivity index (χ1v) is 9.23. The number of hydrogen-bond acceptors (Lipinski definition) is 3. The van der Waals surface area contributed by atoms with Gasteiger partial charge in [0.25, 0.3) is 5.91 Å². The van der Waals surface area contributed by atoms with Crippen molar-refractivity contribution in [1.29, 1.82) is 0 Å². The van der Waals surface area contributed by atoms with Gasteiger partial charge in [0.05, 0.1) is 6.54 Å². The van der Waals surface area contributed by atoms with E-state index in [1.54, 1.807) is 30.6 Å². The molecule has 2 N–H and O–H groups in total. The fourth-order valence-electron chi connectivity index (χ4n) is 2.51. The Bertz CT molecular complexity index is 985. The normalized spacial score (nSPS) is 11.2. The topological polar surface area (TPSA) is 66.4 Å². The first-order chi connectivity index (χ1) is 13.5. The van der Waals surface area contributed by atoms with Crippen molar-refractivity contribution in [3.63, 3.8) is 0 Å². The number of aromatic nitrogens is 1. The molecule has 0 aliphatic carbocycles. The van der Waals surface area contributed by atoms with E-state index in [0.717, 1.165) is 22.4 Å². The lowest BCUT2D eigenvalue weighted by molar-refractivity contribution is 0.0977. The van der Waals surface area contributed by atoms with Gasteiger partial charge in [-0.05, 0) is 55.3 Å². The van der Waals surface area contributed by atoms with E-state index in [-0.39, 0.29) is 5.91 Å². The smallest absolute Gasteiger partial charge is 0.257 e. The number of rotatable bonds is 4. The Kier molecular flexibility index (Phi) is 6.40.